The van der Waals surface area contributed by atoms with Crippen molar-refractivity contribution in [3.63, 3.8) is 0 Å². The fraction of sp³-hybridized carbons (Fsp3) is 0.389. The number of nitrogens with zero attached hydrogens (tertiary/aromatic N) is 2. The SMILES string of the molecule is N#CC1(C(=O)Nc2nc(-c3ccc4c(c3)CCO4)cs2)CCCC1. The Morgan fingerprint density at radius 1 is 1.38 bits per heavy atom. The van der Waals surface area contributed by atoms with Gasteiger partial charge in [0.1, 0.15) is 11.2 Å². The first-order chi connectivity index (χ1) is 11.7. The maximum Gasteiger partial charge on any atom is 0.246 e. The van der Waals surface area contributed by atoms with Crippen LogP contribution in [0.25, 0.3) is 11.3 Å². The number of hydrogen-bond donors (Lipinski definition) is 1. The molecule has 1 aliphatic heterocycles. The minimum atomic E-state index is -0.878. The van der Waals surface area contributed by atoms with E-state index in [1.54, 1.807) is 0 Å². The van der Waals surface area contributed by atoms with Gasteiger partial charge in [-0.3, -0.25) is 4.79 Å². The number of ether oxygens (including phenoxy) is 1. The number of anilines is 1. The van der Waals surface area contributed by atoms with Crippen LogP contribution < -0.4 is 10.1 Å². The van der Waals surface area contributed by atoms with Crippen molar-refractivity contribution < 1.29 is 9.53 Å². The van der Waals surface area contributed by atoms with Crippen LogP contribution >= 0.6 is 11.3 Å². The van der Waals surface area contributed by atoms with Gasteiger partial charge in [-0.25, -0.2) is 4.98 Å². The quantitative estimate of drug-likeness (QED) is 0.923. The Morgan fingerprint density at radius 2 is 2.21 bits per heavy atom. The Hall–Kier alpha value is -2.39. The fourth-order valence-corrected chi connectivity index (χ4v) is 4.11. The van der Waals surface area contributed by atoms with Gasteiger partial charge in [0, 0.05) is 17.4 Å². The van der Waals surface area contributed by atoms with Crippen molar-refractivity contribution in [2.24, 2.45) is 5.41 Å². The molecule has 6 heteroatoms. The Kier molecular flexibility index (Phi) is 3.73. The third kappa shape index (κ3) is 2.55. The van der Waals surface area contributed by atoms with Crippen molar-refractivity contribution in [2.45, 2.75) is 32.1 Å². The number of nitrogens with one attached hydrogen (secondary N) is 1. The Balaban J connectivity index is 1.53. The summed E-state index contributed by atoms with van der Waals surface area (Å²) in [5.74, 6) is 0.727. The lowest BCUT2D eigenvalue weighted by molar-refractivity contribution is -0.122. The standard InChI is InChI=1S/C18H17N3O2S/c19-11-18(6-1-2-7-18)16(22)21-17-20-14(10-24-17)12-3-4-15-13(9-12)5-8-23-15/h3-4,9-10H,1-2,5-8H2,(H,20,21,22). The number of amides is 1. The molecule has 1 saturated carbocycles. The molecule has 4 rings (SSSR count). The predicted molar refractivity (Wildman–Crippen MR) is 91.9 cm³/mol. The molecule has 1 amide bonds. The number of nitriles is 1. The molecular weight excluding hydrogens is 322 g/mol. The van der Waals surface area contributed by atoms with Gasteiger partial charge < -0.3 is 10.1 Å². The van der Waals surface area contributed by atoms with Crippen molar-refractivity contribution in [2.75, 3.05) is 11.9 Å². The molecule has 0 unspecified atom stereocenters. The summed E-state index contributed by atoms with van der Waals surface area (Å²) in [7, 11) is 0. The zero-order valence-electron chi connectivity index (χ0n) is 13.2. The summed E-state index contributed by atoms with van der Waals surface area (Å²) in [5, 5.41) is 14.7. The Morgan fingerprint density at radius 3 is 3.00 bits per heavy atom. The second-order valence-electron chi connectivity index (χ2n) is 6.31. The van der Waals surface area contributed by atoms with E-state index in [-0.39, 0.29) is 5.91 Å². The summed E-state index contributed by atoms with van der Waals surface area (Å²) in [6.45, 7) is 0.730. The summed E-state index contributed by atoms with van der Waals surface area (Å²) >= 11 is 1.39. The van der Waals surface area contributed by atoms with Gasteiger partial charge in [-0.1, -0.05) is 12.8 Å². The average Bonchev–Trinajstić information content (AvgIpc) is 3.34. The van der Waals surface area contributed by atoms with Gasteiger partial charge >= 0.3 is 0 Å². The van der Waals surface area contributed by atoms with E-state index in [2.05, 4.69) is 22.4 Å². The number of aromatic nitrogens is 1. The van der Waals surface area contributed by atoms with Crippen molar-refractivity contribution in [3.05, 3.63) is 29.1 Å². The second-order valence-corrected chi connectivity index (χ2v) is 7.17. The highest BCUT2D eigenvalue weighted by Crippen LogP contribution is 2.39. The zero-order valence-corrected chi connectivity index (χ0v) is 14.0. The summed E-state index contributed by atoms with van der Waals surface area (Å²) in [5.41, 5.74) is 2.17. The minimum Gasteiger partial charge on any atom is -0.493 e. The summed E-state index contributed by atoms with van der Waals surface area (Å²) < 4.78 is 5.52. The van der Waals surface area contributed by atoms with Crippen LogP contribution in [0.3, 0.4) is 0 Å². The summed E-state index contributed by atoms with van der Waals surface area (Å²) in [6, 6.07) is 8.26. The van der Waals surface area contributed by atoms with E-state index in [9.17, 15) is 10.1 Å². The topological polar surface area (TPSA) is 75.0 Å². The van der Waals surface area contributed by atoms with E-state index in [1.165, 1.54) is 16.9 Å². The molecule has 2 aromatic rings. The predicted octanol–water partition coefficient (Wildman–Crippen LogP) is 3.77. The van der Waals surface area contributed by atoms with Crippen LogP contribution in [0.15, 0.2) is 23.6 Å². The molecular formula is C18H17N3O2S. The van der Waals surface area contributed by atoms with Gasteiger partial charge in [-0.2, -0.15) is 5.26 Å². The van der Waals surface area contributed by atoms with E-state index >= 15 is 0 Å². The highest BCUT2D eigenvalue weighted by Gasteiger charge is 2.41. The van der Waals surface area contributed by atoms with Gasteiger partial charge in [-0.15, -0.1) is 11.3 Å². The molecule has 24 heavy (non-hydrogen) atoms. The first-order valence-electron chi connectivity index (χ1n) is 8.14. The van der Waals surface area contributed by atoms with Crippen LogP contribution in [0.4, 0.5) is 5.13 Å². The number of benzene rings is 1. The molecule has 0 atom stereocenters. The highest BCUT2D eigenvalue weighted by molar-refractivity contribution is 7.14. The molecule has 1 fully saturated rings. The molecule has 0 radical (unpaired) electrons. The third-order valence-corrected chi connectivity index (χ3v) is 5.57. The molecule has 1 aromatic carbocycles. The number of carbonyl (C=O) groups excluding carboxylic acids is 1. The maximum atomic E-state index is 12.5. The molecule has 122 valence electrons. The monoisotopic (exact) mass is 339 g/mol. The molecule has 2 aliphatic rings. The van der Waals surface area contributed by atoms with E-state index in [1.807, 2.05) is 17.5 Å². The van der Waals surface area contributed by atoms with Crippen molar-refractivity contribution >= 4 is 22.4 Å². The van der Waals surface area contributed by atoms with E-state index in [0.717, 1.165) is 42.9 Å². The van der Waals surface area contributed by atoms with E-state index in [4.69, 9.17) is 4.74 Å². The number of hydrogen-bond acceptors (Lipinski definition) is 5. The summed E-state index contributed by atoms with van der Waals surface area (Å²) in [6.07, 6.45) is 4.06. The molecule has 1 N–H and O–H groups in total. The van der Waals surface area contributed by atoms with Crippen LogP contribution in [0.2, 0.25) is 0 Å². The van der Waals surface area contributed by atoms with Crippen LogP contribution in [0, 0.1) is 16.7 Å². The minimum absolute atomic E-state index is 0.217. The highest BCUT2D eigenvalue weighted by atomic mass is 32.1. The molecule has 2 heterocycles. The fourth-order valence-electron chi connectivity index (χ4n) is 3.39. The zero-order chi connectivity index (χ0) is 16.6. The largest absolute Gasteiger partial charge is 0.493 e. The smallest absolute Gasteiger partial charge is 0.246 e. The lowest BCUT2D eigenvalue weighted by Crippen LogP contribution is -2.32. The van der Waals surface area contributed by atoms with Crippen molar-refractivity contribution in [1.29, 1.82) is 5.26 Å². The van der Waals surface area contributed by atoms with Gasteiger partial charge in [0.05, 0.1) is 18.4 Å². The molecule has 1 aromatic heterocycles. The summed E-state index contributed by atoms with van der Waals surface area (Å²) in [4.78, 5) is 17.0. The van der Waals surface area contributed by atoms with E-state index in [0.29, 0.717) is 18.0 Å². The number of carbonyl (C=O) groups is 1. The molecule has 0 saturated heterocycles. The Bertz CT molecular complexity index is 831. The third-order valence-electron chi connectivity index (χ3n) is 4.82. The van der Waals surface area contributed by atoms with Crippen LogP contribution in [0.1, 0.15) is 31.2 Å². The Labute approximate surface area is 144 Å². The van der Waals surface area contributed by atoms with Gasteiger partial charge in [0.2, 0.25) is 5.91 Å². The average molecular weight is 339 g/mol. The second kappa shape index (κ2) is 5.91. The van der Waals surface area contributed by atoms with Gasteiger partial charge in [-0.05, 0) is 36.6 Å². The number of rotatable bonds is 3. The molecule has 1 aliphatic carbocycles. The maximum absolute atomic E-state index is 12.5. The normalized spacial score (nSPS) is 17.8. The van der Waals surface area contributed by atoms with Crippen LogP contribution in [-0.4, -0.2) is 17.5 Å². The first kappa shape index (κ1) is 15.2. The van der Waals surface area contributed by atoms with Crippen molar-refractivity contribution in [1.82, 2.24) is 4.98 Å². The molecule has 5 nitrogen and oxygen atoms in total. The van der Waals surface area contributed by atoms with Crippen LogP contribution in [-0.2, 0) is 11.2 Å². The lowest BCUT2D eigenvalue weighted by atomic mass is 9.87. The van der Waals surface area contributed by atoms with Crippen LogP contribution in [0.5, 0.6) is 5.75 Å². The molecule has 0 bridgehead atoms. The van der Waals surface area contributed by atoms with Gasteiger partial charge in [0.15, 0.2) is 5.13 Å². The number of thiazole rings is 1. The lowest BCUT2D eigenvalue weighted by Gasteiger charge is -2.17. The molecule has 0 spiro atoms. The number of fused-ring (bicyclic) bond motifs is 1. The van der Waals surface area contributed by atoms with Crippen molar-refractivity contribution in [3.8, 4) is 23.1 Å². The van der Waals surface area contributed by atoms with E-state index < -0.39 is 5.41 Å². The van der Waals surface area contributed by atoms with Gasteiger partial charge in [0.25, 0.3) is 0 Å². The first-order valence-corrected chi connectivity index (χ1v) is 9.02.